The molecule has 0 unspecified atom stereocenters. The lowest BCUT2D eigenvalue weighted by Gasteiger charge is -2.38. The molecule has 0 saturated carbocycles. The van der Waals surface area contributed by atoms with Gasteiger partial charge >= 0.3 is 0 Å². The van der Waals surface area contributed by atoms with Crippen LogP contribution in [0.25, 0.3) is 0 Å². The molecule has 2 N–H and O–H groups in total. The Balaban J connectivity index is 1.60. The number of hydrogen-bond acceptors (Lipinski definition) is 6. The van der Waals surface area contributed by atoms with E-state index < -0.39 is 23.9 Å². The Labute approximate surface area is 235 Å². The van der Waals surface area contributed by atoms with Crippen molar-refractivity contribution in [3.63, 3.8) is 0 Å². The minimum absolute atomic E-state index is 0.154. The highest BCUT2D eigenvalue weighted by atomic mass is 16.5. The molecule has 2 atom stereocenters. The van der Waals surface area contributed by atoms with Gasteiger partial charge < -0.3 is 25.2 Å². The lowest BCUT2D eigenvalue weighted by molar-refractivity contribution is -0.138. The zero-order chi connectivity index (χ0) is 28.6. The van der Waals surface area contributed by atoms with E-state index in [2.05, 4.69) is 29.4 Å². The van der Waals surface area contributed by atoms with Crippen LogP contribution in [0, 0.1) is 0 Å². The van der Waals surface area contributed by atoms with Gasteiger partial charge in [0.2, 0.25) is 17.7 Å². The first kappa shape index (κ1) is 29.1. The van der Waals surface area contributed by atoms with Crippen molar-refractivity contribution in [3.05, 3.63) is 65.7 Å². The maximum atomic E-state index is 13.7. The van der Waals surface area contributed by atoms with E-state index in [1.807, 2.05) is 30.3 Å². The number of fused-ring (bicyclic) bond motifs is 1. The highest BCUT2D eigenvalue weighted by Crippen LogP contribution is 2.19. The van der Waals surface area contributed by atoms with Crippen molar-refractivity contribution in [1.82, 2.24) is 25.3 Å². The number of piperazine rings is 1. The molecule has 0 bridgehead atoms. The van der Waals surface area contributed by atoms with Crippen molar-refractivity contribution in [2.24, 2.45) is 0 Å². The van der Waals surface area contributed by atoms with Gasteiger partial charge in [0.25, 0.3) is 5.91 Å². The van der Waals surface area contributed by atoms with Gasteiger partial charge in [0, 0.05) is 45.7 Å². The molecule has 2 heterocycles. The van der Waals surface area contributed by atoms with Crippen LogP contribution in [0.4, 0.5) is 0 Å². The molecule has 1 saturated heterocycles. The van der Waals surface area contributed by atoms with Crippen LogP contribution in [-0.2, 0) is 20.8 Å². The molecule has 2 aromatic carbocycles. The standard InChI is InChI=1S/C30H39N5O5/c1-21(2)34-13-15-35(16-14-34)30(39)25-20-27(36)31-24(19-22-9-5-4-6-10-22)29(38)33(3)17-18-40-26-12-8-7-11-23(26)28(37)32-25/h4-12,21,24-25H,13-20H2,1-3H3,(H,31,36)(H,32,37)/t24-,25+/m1/s1. The Kier molecular flexibility index (Phi) is 9.76. The minimum Gasteiger partial charge on any atom is -0.491 e. The molecule has 0 aliphatic carbocycles. The second kappa shape index (κ2) is 13.4. The summed E-state index contributed by atoms with van der Waals surface area (Å²) in [4.78, 5) is 59.3. The third-order valence-corrected chi connectivity index (χ3v) is 7.46. The fourth-order valence-corrected chi connectivity index (χ4v) is 5.05. The molecule has 0 radical (unpaired) electrons. The Morgan fingerprint density at radius 2 is 1.60 bits per heavy atom. The lowest BCUT2D eigenvalue weighted by Crippen LogP contribution is -2.57. The third kappa shape index (κ3) is 7.38. The van der Waals surface area contributed by atoms with Gasteiger partial charge in [0.1, 0.15) is 24.4 Å². The Bertz CT molecular complexity index is 1200. The molecule has 2 aliphatic rings. The number of carbonyl (C=O) groups is 4. The highest BCUT2D eigenvalue weighted by Gasteiger charge is 2.33. The van der Waals surface area contributed by atoms with E-state index in [1.54, 1.807) is 36.2 Å². The van der Waals surface area contributed by atoms with Crippen molar-refractivity contribution < 1.29 is 23.9 Å². The number of nitrogens with one attached hydrogen (secondary N) is 2. The first-order valence-corrected chi connectivity index (χ1v) is 13.9. The summed E-state index contributed by atoms with van der Waals surface area (Å²) >= 11 is 0. The van der Waals surface area contributed by atoms with E-state index in [9.17, 15) is 19.2 Å². The van der Waals surface area contributed by atoms with Crippen LogP contribution in [0.3, 0.4) is 0 Å². The first-order chi connectivity index (χ1) is 19.2. The molecular weight excluding hydrogens is 510 g/mol. The van der Waals surface area contributed by atoms with E-state index in [0.29, 0.717) is 44.4 Å². The summed E-state index contributed by atoms with van der Waals surface area (Å²) in [6.45, 7) is 7.09. The molecule has 1 fully saturated rings. The molecule has 4 rings (SSSR count). The van der Waals surface area contributed by atoms with Gasteiger partial charge in [-0.2, -0.15) is 0 Å². The first-order valence-electron chi connectivity index (χ1n) is 13.9. The quantitative estimate of drug-likeness (QED) is 0.595. The van der Waals surface area contributed by atoms with Crippen molar-refractivity contribution in [1.29, 1.82) is 0 Å². The monoisotopic (exact) mass is 549 g/mol. The van der Waals surface area contributed by atoms with E-state index in [4.69, 9.17) is 4.74 Å². The largest absolute Gasteiger partial charge is 0.491 e. The number of carbonyl (C=O) groups excluding carboxylic acids is 4. The van der Waals surface area contributed by atoms with Crippen LogP contribution in [0.5, 0.6) is 5.75 Å². The van der Waals surface area contributed by atoms with Crippen LogP contribution in [0.15, 0.2) is 54.6 Å². The summed E-state index contributed by atoms with van der Waals surface area (Å²) in [7, 11) is 1.66. The number of nitrogens with zero attached hydrogens (tertiary/aromatic N) is 3. The normalized spacial score (nSPS) is 21.6. The minimum atomic E-state index is -1.10. The van der Waals surface area contributed by atoms with Crippen molar-refractivity contribution >= 4 is 23.6 Å². The number of hydrogen-bond donors (Lipinski definition) is 2. The summed E-state index contributed by atoms with van der Waals surface area (Å²) in [6.07, 6.45) is 0.00184. The molecule has 2 aliphatic heterocycles. The van der Waals surface area contributed by atoms with E-state index >= 15 is 0 Å². The third-order valence-electron chi connectivity index (χ3n) is 7.46. The van der Waals surface area contributed by atoms with Crippen molar-refractivity contribution in [2.75, 3.05) is 46.4 Å². The number of para-hydroxylation sites is 1. The lowest BCUT2D eigenvalue weighted by atomic mass is 10.0. The van der Waals surface area contributed by atoms with Gasteiger partial charge in [0.15, 0.2) is 0 Å². The van der Waals surface area contributed by atoms with Gasteiger partial charge in [-0.3, -0.25) is 24.1 Å². The summed E-state index contributed by atoms with van der Waals surface area (Å²) in [5.74, 6) is -1.21. The Morgan fingerprint density at radius 1 is 0.925 bits per heavy atom. The number of benzene rings is 2. The zero-order valence-electron chi connectivity index (χ0n) is 23.5. The average Bonchev–Trinajstić information content (AvgIpc) is 2.96. The van der Waals surface area contributed by atoms with E-state index in [1.165, 1.54) is 4.90 Å². The molecular formula is C30H39N5O5. The molecule has 10 nitrogen and oxygen atoms in total. The van der Waals surface area contributed by atoms with Crippen LogP contribution >= 0.6 is 0 Å². The molecule has 0 aromatic heterocycles. The predicted molar refractivity (Wildman–Crippen MR) is 151 cm³/mol. The van der Waals surface area contributed by atoms with Crippen LogP contribution in [0.2, 0.25) is 0 Å². The second-order valence-corrected chi connectivity index (χ2v) is 10.6. The number of amides is 4. The topological polar surface area (TPSA) is 111 Å². The smallest absolute Gasteiger partial charge is 0.255 e. The number of rotatable bonds is 4. The summed E-state index contributed by atoms with van der Waals surface area (Å²) < 4.78 is 5.90. The van der Waals surface area contributed by atoms with Gasteiger partial charge in [0.05, 0.1) is 18.5 Å². The van der Waals surface area contributed by atoms with Crippen molar-refractivity contribution in [3.8, 4) is 5.75 Å². The molecule has 0 spiro atoms. The van der Waals surface area contributed by atoms with E-state index in [-0.39, 0.29) is 37.0 Å². The maximum absolute atomic E-state index is 13.7. The average molecular weight is 550 g/mol. The van der Waals surface area contributed by atoms with Crippen LogP contribution in [-0.4, -0.2) is 103 Å². The van der Waals surface area contributed by atoms with E-state index in [0.717, 1.165) is 5.56 Å². The van der Waals surface area contributed by atoms with Gasteiger partial charge in [-0.1, -0.05) is 42.5 Å². The highest BCUT2D eigenvalue weighted by molar-refractivity contribution is 6.01. The molecule has 40 heavy (non-hydrogen) atoms. The number of likely N-dealkylation sites (N-methyl/N-ethyl adjacent to an activating group) is 1. The van der Waals surface area contributed by atoms with Gasteiger partial charge in [-0.15, -0.1) is 0 Å². The van der Waals surface area contributed by atoms with Crippen LogP contribution < -0.4 is 15.4 Å². The summed E-state index contributed by atoms with van der Waals surface area (Å²) in [5.41, 5.74) is 1.16. The molecule has 2 aromatic rings. The molecule has 10 heteroatoms. The summed E-state index contributed by atoms with van der Waals surface area (Å²) in [6, 6.07) is 14.6. The Hall–Kier alpha value is -3.92. The fraction of sp³-hybridized carbons (Fsp3) is 0.467. The second-order valence-electron chi connectivity index (χ2n) is 10.6. The van der Waals surface area contributed by atoms with Crippen molar-refractivity contribution in [2.45, 2.75) is 44.8 Å². The fourth-order valence-electron chi connectivity index (χ4n) is 5.05. The van der Waals surface area contributed by atoms with Gasteiger partial charge in [-0.25, -0.2) is 0 Å². The molecule has 214 valence electrons. The Morgan fingerprint density at radius 3 is 2.30 bits per heavy atom. The molecule has 4 amide bonds. The summed E-state index contributed by atoms with van der Waals surface area (Å²) in [5, 5.41) is 5.64. The predicted octanol–water partition coefficient (Wildman–Crippen LogP) is 1.31. The zero-order valence-corrected chi connectivity index (χ0v) is 23.5. The SMILES string of the molecule is CC(C)N1CCN(C(=O)[C@@H]2CC(=O)N[C@H](Cc3ccccc3)C(=O)N(C)CCOc3ccccc3C(=O)N2)CC1. The number of ether oxygens (including phenoxy) is 1. The van der Waals surface area contributed by atoms with Crippen LogP contribution in [0.1, 0.15) is 36.2 Å². The van der Waals surface area contributed by atoms with Gasteiger partial charge in [-0.05, 0) is 31.5 Å². The maximum Gasteiger partial charge on any atom is 0.255 e.